The van der Waals surface area contributed by atoms with E-state index in [1.54, 1.807) is 13.8 Å². The van der Waals surface area contributed by atoms with Crippen molar-refractivity contribution >= 4 is 11.9 Å². The lowest BCUT2D eigenvalue weighted by molar-refractivity contribution is -0.143. The minimum atomic E-state index is -0.987. The number of hydrogen-bond acceptors (Lipinski definition) is 2. The van der Waals surface area contributed by atoms with Crippen LogP contribution in [0.2, 0.25) is 0 Å². The number of amides is 1. The molecule has 0 saturated carbocycles. The topological polar surface area (TPSA) is 66.4 Å². The Hall–Kier alpha value is -1.84. The van der Waals surface area contributed by atoms with E-state index in [1.807, 2.05) is 31.2 Å². The van der Waals surface area contributed by atoms with Gasteiger partial charge in [0.1, 0.15) is 6.04 Å². The van der Waals surface area contributed by atoms with Gasteiger partial charge >= 0.3 is 5.97 Å². The van der Waals surface area contributed by atoms with Gasteiger partial charge in [-0.05, 0) is 24.8 Å². The van der Waals surface area contributed by atoms with Crippen molar-refractivity contribution in [3.05, 3.63) is 35.4 Å². The van der Waals surface area contributed by atoms with Crippen LogP contribution in [0.1, 0.15) is 31.4 Å². The molecule has 0 saturated heterocycles. The highest BCUT2D eigenvalue weighted by Crippen LogP contribution is 2.07. The summed E-state index contributed by atoms with van der Waals surface area (Å²) in [6, 6.07) is 7.14. The first-order valence-corrected chi connectivity index (χ1v) is 6.48. The molecular weight excluding hydrogens is 242 g/mol. The number of carbonyl (C=O) groups is 2. The third-order valence-electron chi connectivity index (χ3n) is 2.97. The molecule has 19 heavy (non-hydrogen) atoms. The monoisotopic (exact) mass is 263 g/mol. The normalized spacial score (nSPS) is 12.2. The van der Waals surface area contributed by atoms with Crippen LogP contribution in [0.4, 0.5) is 0 Å². The Kier molecular flexibility index (Phi) is 5.55. The molecule has 104 valence electrons. The molecule has 1 aromatic carbocycles. The summed E-state index contributed by atoms with van der Waals surface area (Å²) in [5.74, 6) is -1.33. The van der Waals surface area contributed by atoms with Crippen molar-refractivity contribution in [1.82, 2.24) is 5.32 Å². The van der Waals surface area contributed by atoms with Gasteiger partial charge < -0.3 is 10.4 Å². The summed E-state index contributed by atoms with van der Waals surface area (Å²) in [6.07, 6.45) is 0.928. The number of aryl methyl sites for hydroxylation is 2. The predicted molar refractivity (Wildman–Crippen MR) is 73.9 cm³/mol. The molecule has 0 aliphatic heterocycles. The quantitative estimate of drug-likeness (QED) is 0.826. The molecule has 0 fully saturated rings. The average molecular weight is 263 g/mol. The van der Waals surface area contributed by atoms with Gasteiger partial charge in [0.15, 0.2) is 0 Å². The zero-order chi connectivity index (χ0) is 14.4. The van der Waals surface area contributed by atoms with Crippen molar-refractivity contribution < 1.29 is 14.7 Å². The summed E-state index contributed by atoms with van der Waals surface area (Å²) in [5.41, 5.74) is 2.25. The van der Waals surface area contributed by atoms with E-state index < -0.39 is 12.0 Å². The molecule has 4 heteroatoms. The molecule has 1 unspecified atom stereocenters. The van der Waals surface area contributed by atoms with Gasteiger partial charge in [-0.2, -0.15) is 0 Å². The molecule has 0 heterocycles. The lowest BCUT2D eigenvalue weighted by atomic mass is 10.0. The van der Waals surface area contributed by atoms with E-state index in [2.05, 4.69) is 5.32 Å². The number of carboxylic acid groups (broad SMARTS) is 1. The third kappa shape index (κ3) is 5.12. The van der Waals surface area contributed by atoms with Crippen LogP contribution in [0.15, 0.2) is 24.3 Å². The molecule has 0 radical (unpaired) electrons. The zero-order valence-electron chi connectivity index (χ0n) is 11.6. The number of hydrogen-bond donors (Lipinski definition) is 2. The van der Waals surface area contributed by atoms with Crippen molar-refractivity contribution in [3.63, 3.8) is 0 Å². The van der Waals surface area contributed by atoms with E-state index in [0.717, 1.165) is 11.1 Å². The SMILES string of the molecule is Cc1cccc(CCC(=O)NC(C(=O)O)C(C)C)c1. The molecule has 1 atom stereocenters. The number of rotatable bonds is 6. The third-order valence-corrected chi connectivity index (χ3v) is 2.97. The van der Waals surface area contributed by atoms with E-state index in [9.17, 15) is 9.59 Å². The first-order valence-electron chi connectivity index (χ1n) is 6.48. The van der Waals surface area contributed by atoms with E-state index >= 15 is 0 Å². The molecule has 1 rings (SSSR count). The van der Waals surface area contributed by atoms with Gasteiger partial charge in [0.25, 0.3) is 0 Å². The van der Waals surface area contributed by atoms with Crippen molar-refractivity contribution in [2.75, 3.05) is 0 Å². The molecule has 4 nitrogen and oxygen atoms in total. The summed E-state index contributed by atoms with van der Waals surface area (Å²) in [7, 11) is 0. The number of nitrogens with one attached hydrogen (secondary N) is 1. The molecule has 0 aromatic heterocycles. The second-order valence-corrected chi connectivity index (χ2v) is 5.12. The number of carbonyl (C=O) groups excluding carboxylic acids is 1. The van der Waals surface area contributed by atoms with Gasteiger partial charge in [-0.1, -0.05) is 43.7 Å². The number of carboxylic acids is 1. The summed E-state index contributed by atoms with van der Waals surface area (Å²) < 4.78 is 0. The maximum absolute atomic E-state index is 11.7. The largest absolute Gasteiger partial charge is 0.480 e. The molecule has 0 aliphatic carbocycles. The summed E-state index contributed by atoms with van der Waals surface area (Å²) in [6.45, 7) is 5.56. The molecule has 0 bridgehead atoms. The molecule has 0 aliphatic rings. The smallest absolute Gasteiger partial charge is 0.326 e. The van der Waals surface area contributed by atoms with E-state index in [4.69, 9.17) is 5.11 Å². The van der Waals surface area contributed by atoms with Gasteiger partial charge in [-0.3, -0.25) is 4.79 Å². The Bertz CT molecular complexity index is 454. The Morgan fingerprint density at radius 1 is 1.32 bits per heavy atom. The van der Waals surface area contributed by atoms with Gasteiger partial charge in [0, 0.05) is 6.42 Å². The van der Waals surface area contributed by atoms with E-state index in [1.165, 1.54) is 0 Å². The summed E-state index contributed by atoms with van der Waals surface area (Å²) in [4.78, 5) is 22.7. The minimum absolute atomic E-state index is 0.125. The standard InChI is InChI=1S/C15H21NO3/c1-10(2)14(15(18)19)16-13(17)8-7-12-6-4-5-11(3)9-12/h4-6,9-10,14H,7-8H2,1-3H3,(H,16,17)(H,18,19). The highest BCUT2D eigenvalue weighted by atomic mass is 16.4. The Balaban J connectivity index is 2.49. The van der Waals surface area contributed by atoms with Gasteiger partial charge in [-0.15, -0.1) is 0 Å². The van der Waals surface area contributed by atoms with Crippen molar-refractivity contribution in [2.24, 2.45) is 5.92 Å². The van der Waals surface area contributed by atoms with E-state index in [0.29, 0.717) is 12.8 Å². The van der Waals surface area contributed by atoms with Gasteiger partial charge in [0.05, 0.1) is 0 Å². The summed E-state index contributed by atoms with van der Waals surface area (Å²) >= 11 is 0. The van der Waals surface area contributed by atoms with E-state index in [-0.39, 0.29) is 11.8 Å². The van der Waals surface area contributed by atoms with Crippen LogP contribution < -0.4 is 5.32 Å². The fourth-order valence-corrected chi connectivity index (χ4v) is 1.88. The lowest BCUT2D eigenvalue weighted by Gasteiger charge is -2.17. The second kappa shape index (κ2) is 6.92. The van der Waals surface area contributed by atoms with Crippen LogP contribution in [-0.4, -0.2) is 23.0 Å². The Labute approximate surface area is 113 Å². The molecule has 0 spiro atoms. The van der Waals surface area contributed by atoms with Crippen LogP contribution in [0.5, 0.6) is 0 Å². The van der Waals surface area contributed by atoms with Gasteiger partial charge in [-0.25, -0.2) is 4.79 Å². The maximum atomic E-state index is 11.7. The van der Waals surface area contributed by atoms with Crippen molar-refractivity contribution in [2.45, 2.75) is 39.7 Å². The maximum Gasteiger partial charge on any atom is 0.326 e. The van der Waals surface area contributed by atoms with Gasteiger partial charge in [0.2, 0.25) is 5.91 Å². The lowest BCUT2D eigenvalue weighted by Crippen LogP contribution is -2.44. The van der Waals surface area contributed by atoms with Crippen molar-refractivity contribution in [3.8, 4) is 0 Å². The molecule has 2 N–H and O–H groups in total. The van der Waals surface area contributed by atoms with Crippen LogP contribution >= 0.6 is 0 Å². The number of benzene rings is 1. The van der Waals surface area contributed by atoms with Crippen molar-refractivity contribution in [1.29, 1.82) is 0 Å². The highest BCUT2D eigenvalue weighted by molar-refractivity contribution is 5.83. The fourth-order valence-electron chi connectivity index (χ4n) is 1.88. The molecule has 1 aromatic rings. The van der Waals surface area contributed by atoms with Crippen LogP contribution in [-0.2, 0) is 16.0 Å². The fraction of sp³-hybridized carbons (Fsp3) is 0.467. The van der Waals surface area contributed by atoms with Crippen LogP contribution in [0, 0.1) is 12.8 Å². The Morgan fingerprint density at radius 2 is 2.00 bits per heavy atom. The molecular formula is C15H21NO3. The van der Waals surface area contributed by atoms with Crippen LogP contribution in [0.3, 0.4) is 0 Å². The minimum Gasteiger partial charge on any atom is -0.480 e. The first-order chi connectivity index (χ1) is 8.90. The first kappa shape index (κ1) is 15.2. The average Bonchev–Trinajstić information content (AvgIpc) is 2.32. The number of aliphatic carboxylic acids is 1. The summed E-state index contributed by atoms with van der Waals surface area (Å²) in [5, 5.41) is 11.6. The molecule has 1 amide bonds. The zero-order valence-corrected chi connectivity index (χ0v) is 11.6. The second-order valence-electron chi connectivity index (χ2n) is 5.12. The Morgan fingerprint density at radius 3 is 2.53 bits per heavy atom. The highest BCUT2D eigenvalue weighted by Gasteiger charge is 2.22. The van der Waals surface area contributed by atoms with Crippen LogP contribution in [0.25, 0.3) is 0 Å². The predicted octanol–water partition coefficient (Wildman–Crippen LogP) is 2.15.